The number of nitrogens with zero attached hydrogens (tertiary/aromatic N) is 2. The van der Waals surface area contributed by atoms with Crippen molar-refractivity contribution in [3.8, 4) is 6.07 Å². The number of hydrogen-bond donors (Lipinski definition) is 1. The smallest absolute Gasteiger partial charge is 0.244 e. The first kappa shape index (κ1) is 16.9. The molecule has 1 heterocycles. The molecule has 25 heavy (non-hydrogen) atoms. The molecule has 126 valence electrons. The third-order valence-corrected chi connectivity index (χ3v) is 4.38. The fraction of sp³-hybridized carbons (Fsp3) is 0.238. The van der Waals surface area contributed by atoms with Gasteiger partial charge in [-0.1, -0.05) is 36.4 Å². The Morgan fingerprint density at radius 3 is 2.88 bits per heavy atom. The fourth-order valence-electron chi connectivity index (χ4n) is 3.02. The van der Waals surface area contributed by atoms with E-state index in [9.17, 15) is 4.79 Å². The number of rotatable bonds is 5. The van der Waals surface area contributed by atoms with Crippen molar-refractivity contribution in [2.24, 2.45) is 0 Å². The first-order valence-corrected chi connectivity index (χ1v) is 8.50. The molecule has 4 nitrogen and oxygen atoms in total. The molecule has 0 bridgehead atoms. The maximum atomic E-state index is 11.9. The Morgan fingerprint density at radius 1 is 1.20 bits per heavy atom. The van der Waals surface area contributed by atoms with Crippen LogP contribution in [-0.2, 0) is 17.8 Å². The summed E-state index contributed by atoms with van der Waals surface area (Å²) in [5.74, 6) is -0.111. The second-order valence-corrected chi connectivity index (χ2v) is 6.16. The fourth-order valence-corrected chi connectivity index (χ4v) is 3.02. The zero-order valence-electron chi connectivity index (χ0n) is 14.1. The van der Waals surface area contributed by atoms with E-state index in [4.69, 9.17) is 5.26 Å². The summed E-state index contributed by atoms with van der Waals surface area (Å²) >= 11 is 0. The standard InChI is InChI=1S/C21H21N3O/c22-15-18-5-3-4-17(14-18)8-9-21(25)23-11-13-24-12-10-19-6-1-2-7-20(19)16-24/h1-9,14H,10-13,16H2,(H,23,25)/b9-8+. The minimum absolute atomic E-state index is 0.111. The lowest BCUT2D eigenvalue weighted by molar-refractivity contribution is -0.116. The van der Waals surface area contributed by atoms with Crippen LogP contribution in [0.15, 0.2) is 54.6 Å². The molecular formula is C21H21N3O. The average Bonchev–Trinajstić information content (AvgIpc) is 2.66. The molecule has 0 unspecified atom stereocenters. The molecule has 0 aliphatic carbocycles. The van der Waals surface area contributed by atoms with Crippen LogP contribution in [0, 0.1) is 11.3 Å². The zero-order chi connectivity index (χ0) is 17.5. The summed E-state index contributed by atoms with van der Waals surface area (Å²) in [4.78, 5) is 14.3. The van der Waals surface area contributed by atoms with Crippen molar-refractivity contribution in [2.45, 2.75) is 13.0 Å². The molecule has 2 aromatic carbocycles. The van der Waals surface area contributed by atoms with E-state index in [-0.39, 0.29) is 5.91 Å². The summed E-state index contributed by atoms with van der Waals surface area (Å²) in [6.07, 6.45) is 4.31. The van der Waals surface area contributed by atoms with Crippen LogP contribution in [0.3, 0.4) is 0 Å². The molecule has 1 aliphatic heterocycles. The number of carbonyl (C=O) groups excluding carboxylic acids is 1. The van der Waals surface area contributed by atoms with Gasteiger partial charge in [0.15, 0.2) is 0 Å². The topological polar surface area (TPSA) is 56.1 Å². The molecule has 1 aliphatic rings. The minimum atomic E-state index is -0.111. The minimum Gasteiger partial charge on any atom is -0.351 e. The maximum absolute atomic E-state index is 11.9. The maximum Gasteiger partial charge on any atom is 0.244 e. The highest BCUT2D eigenvalue weighted by atomic mass is 16.1. The number of benzene rings is 2. The molecule has 0 spiro atoms. The average molecular weight is 331 g/mol. The second-order valence-electron chi connectivity index (χ2n) is 6.16. The highest BCUT2D eigenvalue weighted by Crippen LogP contribution is 2.17. The number of nitrogens with one attached hydrogen (secondary N) is 1. The van der Waals surface area contributed by atoms with Crippen molar-refractivity contribution in [3.05, 3.63) is 76.9 Å². The molecule has 0 saturated heterocycles. The van der Waals surface area contributed by atoms with Crippen LogP contribution >= 0.6 is 0 Å². The highest BCUT2D eigenvalue weighted by molar-refractivity contribution is 5.91. The lowest BCUT2D eigenvalue weighted by Gasteiger charge is -2.28. The summed E-state index contributed by atoms with van der Waals surface area (Å²) < 4.78 is 0. The van der Waals surface area contributed by atoms with Gasteiger partial charge in [-0.25, -0.2) is 0 Å². The van der Waals surface area contributed by atoms with E-state index in [1.807, 2.05) is 12.1 Å². The summed E-state index contributed by atoms with van der Waals surface area (Å²) in [5.41, 5.74) is 4.26. The molecule has 0 atom stereocenters. The van der Waals surface area contributed by atoms with Crippen LogP contribution in [0.1, 0.15) is 22.3 Å². The molecule has 0 saturated carbocycles. The Morgan fingerprint density at radius 2 is 2.04 bits per heavy atom. The van der Waals surface area contributed by atoms with Crippen molar-refractivity contribution in [3.63, 3.8) is 0 Å². The molecular weight excluding hydrogens is 310 g/mol. The zero-order valence-corrected chi connectivity index (χ0v) is 14.1. The number of hydrogen-bond acceptors (Lipinski definition) is 3. The van der Waals surface area contributed by atoms with Crippen LogP contribution < -0.4 is 5.32 Å². The number of carbonyl (C=O) groups is 1. The van der Waals surface area contributed by atoms with Crippen molar-refractivity contribution < 1.29 is 4.79 Å². The Bertz CT molecular complexity index is 820. The van der Waals surface area contributed by atoms with E-state index in [0.29, 0.717) is 12.1 Å². The van der Waals surface area contributed by atoms with E-state index in [0.717, 1.165) is 31.6 Å². The van der Waals surface area contributed by atoms with Crippen LogP contribution in [0.2, 0.25) is 0 Å². The molecule has 0 radical (unpaired) electrons. The van der Waals surface area contributed by atoms with Crippen molar-refractivity contribution >= 4 is 12.0 Å². The number of fused-ring (bicyclic) bond motifs is 1. The quantitative estimate of drug-likeness (QED) is 0.857. The van der Waals surface area contributed by atoms with E-state index in [1.54, 1.807) is 18.2 Å². The molecule has 0 fully saturated rings. The Hall–Kier alpha value is -2.90. The summed E-state index contributed by atoms with van der Waals surface area (Å²) in [7, 11) is 0. The van der Waals surface area contributed by atoms with Gasteiger partial charge in [-0.2, -0.15) is 5.26 Å². The normalized spacial score (nSPS) is 14.0. The van der Waals surface area contributed by atoms with Crippen molar-refractivity contribution in [2.75, 3.05) is 19.6 Å². The first-order valence-electron chi connectivity index (χ1n) is 8.50. The van der Waals surface area contributed by atoms with Gasteiger partial charge in [-0.3, -0.25) is 9.69 Å². The largest absolute Gasteiger partial charge is 0.351 e. The summed E-state index contributed by atoms with van der Waals surface area (Å²) in [6, 6.07) is 17.8. The Kier molecular flexibility index (Phi) is 5.61. The highest BCUT2D eigenvalue weighted by Gasteiger charge is 2.14. The van der Waals surface area contributed by atoms with E-state index in [2.05, 4.69) is 40.6 Å². The number of nitriles is 1. The van der Waals surface area contributed by atoms with Crippen LogP contribution in [0.5, 0.6) is 0 Å². The van der Waals surface area contributed by atoms with Gasteiger partial charge in [0.05, 0.1) is 11.6 Å². The van der Waals surface area contributed by atoms with Gasteiger partial charge in [0.1, 0.15) is 0 Å². The van der Waals surface area contributed by atoms with E-state index < -0.39 is 0 Å². The van der Waals surface area contributed by atoms with Gasteiger partial charge in [-0.15, -0.1) is 0 Å². The Balaban J connectivity index is 1.44. The van der Waals surface area contributed by atoms with Crippen LogP contribution in [0.4, 0.5) is 0 Å². The van der Waals surface area contributed by atoms with Crippen molar-refractivity contribution in [1.82, 2.24) is 10.2 Å². The summed E-state index contributed by atoms with van der Waals surface area (Å²) in [5, 5.41) is 11.8. The van der Waals surface area contributed by atoms with Gasteiger partial charge >= 0.3 is 0 Å². The Labute approximate surface area is 148 Å². The van der Waals surface area contributed by atoms with Gasteiger partial charge in [-0.05, 0) is 41.3 Å². The van der Waals surface area contributed by atoms with Gasteiger partial charge in [0.2, 0.25) is 5.91 Å². The van der Waals surface area contributed by atoms with Crippen LogP contribution in [0.25, 0.3) is 6.08 Å². The summed E-state index contributed by atoms with van der Waals surface area (Å²) in [6.45, 7) is 3.45. The second kappa shape index (κ2) is 8.27. The van der Waals surface area contributed by atoms with E-state index >= 15 is 0 Å². The molecule has 1 amide bonds. The third-order valence-electron chi connectivity index (χ3n) is 4.38. The van der Waals surface area contributed by atoms with Gasteiger partial charge in [0, 0.05) is 32.3 Å². The van der Waals surface area contributed by atoms with E-state index in [1.165, 1.54) is 17.2 Å². The van der Waals surface area contributed by atoms with Gasteiger partial charge in [0.25, 0.3) is 0 Å². The SMILES string of the molecule is N#Cc1cccc(/C=C/C(=O)NCCN2CCc3ccccc3C2)c1. The lowest BCUT2D eigenvalue weighted by Crippen LogP contribution is -2.37. The molecule has 2 aromatic rings. The van der Waals surface area contributed by atoms with Crippen LogP contribution in [-0.4, -0.2) is 30.4 Å². The molecule has 0 aromatic heterocycles. The lowest BCUT2D eigenvalue weighted by atomic mass is 10.00. The number of amides is 1. The molecule has 3 rings (SSSR count). The van der Waals surface area contributed by atoms with Crippen molar-refractivity contribution in [1.29, 1.82) is 5.26 Å². The first-order chi connectivity index (χ1) is 12.2. The predicted molar refractivity (Wildman–Crippen MR) is 98.6 cm³/mol. The monoisotopic (exact) mass is 331 g/mol. The molecule has 1 N–H and O–H groups in total. The third kappa shape index (κ3) is 4.79. The van der Waals surface area contributed by atoms with Gasteiger partial charge < -0.3 is 5.32 Å². The molecule has 4 heteroatoms. The predicted octanol–water partition coefficient (Wildman–Crippen LogP) is 2.75.